The topological polar surface area (TPSA) is 58.6 Å². The molecule has 4 nitrogen and oxygen atoms in total. The number of benzene rings is 1. The Balaban J connectivity index is 3.01. The number of aliphatic hydroxyl groups is 1. The van der Waals surface area contributed by atoms with Crippen LogP contribution in [0.5, 0.6) is 5.75 Å². The summed E-state index contributed by atoms with van der Waals surface area (Å²) >= 11 is 0. The van der Waals surface area contributed by atoms with Crippen LogP contribution in [0.3, 0.4) is 0 Å². The van der Waals surface area contributed by atoms with E-state index in [9.17, 15) is 14.3 Å². The van der Waals surface area contributed by atoms with E-state index in [1.807, 2.05) is 0 Å². The van der Waals surface area contributed by atoms with E-state index < -0.39 is 17.7 Å². The second-order valence-electron chi connectivity index (χ2n) is 3.28. The molecule has 0 aliphatic rings. The number of aliphatic hydroxyl groups excluding tert-OH is 1. The van der Waals surface area contributed by atoms with Gasteiger partial charge in [-0.25, -0.2) is 4.39 Å². The van der Waals surface area contributed by atoms with Gasteiger partial charge in [-0.3, -0.25) is 4.79 Å². The predicted molar refractivity (Wildman–Crippen MR) is 57.2 cm³/mol. The minimum atomic E-state index is -1.21. The van der Waals surface area contributed by atoms with Crippen molar-refractivity contribution in [3.05, 3.63) is 29.6 Å². The molecule has 0 heterocycles. The molecule has 1 atom stereocenters. The lowest BCUT2D eigenvalue weighted by Crippen LogP contribution is -2.31. The fourth-order valence-electron chi connectivity index (χ4n) is 1.34. The number of methoxy groups -OCH3 is 1. The summed E-state index contributed by atoms with van der Waals surface area (Å²) in [7, 11) is 2.99. The molecule has 0 aromatic heterocycles. The molecule has 0 saturated heterocycles. The van der Waals surface area contributed by atoms with Crippen LogP contribution in [0.1, 0.15) is 10.4 Å². The van der Waals surface area contributed by atoms with Crippen molar-refractivity contribution in [2.24, 2.45) is 0 Å². The molecule has 16 heavy (non-hydrogen) atoms. The van der Waals surface area contributed by atoms with Crippen molar-refractivity contribution in [3.63, 3.8) is 0 Å². The van der Waals surface area contributed by atoms with E-state index in [1.54, 1.807) is 7.05 Å². The molecule has 1 unspecified atom stereocenters. The standard InChI is InChI=1S/C11H14FNO3/c1-13-6-9(14)11(15)8-5-7(12)3-4-10(8)16-2/h3-5,9,13-14H,6H2,1-2H3. The number of ketones is 1. The molecule has 0 amide bonds. The molecule has 1 rings (SSSR count). The SMILES string of the molecule is CNCC(O)C(=O)c1cc(F)ccc1OC. The minimum Gasteiger partial charge on any atom is -0.496 e. The summed E-state index contributed by atoms with van der Waals surface area (Å²) in [6.45, 7) is 0.110. The van der Waals surface area contributed by atoms with Gasteiger partial charge in [0.2, 0.25) is 0 Å². The lowest BCUT2D eigenvalue weighted by molar-refractivity contribution is 0.0746. The summed E-state index contributed by atoms with van der Waals surface area (Å²) in [5.41, 5.74) is 0.0465. The molecule has 88 valence electrons. The summed E-state index contributed by atoms with van der Waals surface area (Å²) < 4.78 is 17.9. The zero-order valence-corrected chi connectivity index (χ0v) is 9.16. The van der Waals surface area contributed by atoms with Gasteiger partial charge in [0, 0.05) is 6.54 Å². The van der Waals surface area contributed by atoms with Crippen molar-refractivity contribution in [3.8, 4) is 5.75 Å². The summed E-state index contributed by atoms with van der Waals surface area (Å²) in [5, 5.41) is 12.2. The van der Waals surface area contributed by atoms with Crippen LogP contribution in [-0.4, -0.2) is 37.7 Å². The van der Waals surface area contributed by atoms with E-state index >= 15 is 0 Å². The summed E-state index contributed by atoms with van der Waals surface area (Å²) in [5.74, 6) is -0.854. The van der Waals surface area contributed by atoms with Crippen LogP contribution in [0, 0.1) is 5.82 Å². The van der Waals surface area contributed by atoms with Crippen molar-refractivity contribution >= 4 is 5.78 Å². The monoisotopic (exact) mass is 227 g/mol. The van der Waals surface area contributed by atoms with Crippen LogP contribution < -0.4 is 10.1 Å². The summed E-state index contributed by atoms with van der Waals surface area (Å²) in [4.78, 5) is 11.7. The highest BCUT2D eigenvalue weighted by molar-refractivity contribution is 6.01. The molecular formula is C11H14FNO3. The van der Waals surface area contributed by atoms with Gasteiger partial charge in [-0.1, -0.05) is 0 Å². The van der Waals surface area contributed by atoms with Crippen molar-refractivity contribution in [1.29, 1.82) is 0 Å². The average Bonchev–Trinajstić information content (AvgIpc) is 2.28. The zero-order chi connectivity index (χ0) is 12.1. The highest BCUT2D eigenvalue weighted by atomic mass is 19.1. The Hall–Kier alpha value is -1.46. The first-order valence-corrected chi connectivity index (χ1v) is 4.80. The van der Waals surface area contributed by atoms with Gasteiger partial charge >= 0.3 is 0 Å². The van der Waals surface area contributed by atoms with E-state index in [4.69, 9.17) is 4.74 Å². The van der Waals surface area contributed by atoms with E-state index in [2.05, 4.69) is 5.32 Å². The van der Waals surface area contributed by atoms with Gasteiger partial charge in [0.15, 0.2) is 5.78 Å². The second kappa shape index (κ2) is 5.58. The highest BCUT2D eigenvalue weighted by Gasteiger charge is 2.20. The molecule has 0 aliphatic carbocycles. The summed E-state index contributed by atoms with van der Waals surface area (Å²) in [6, 6.07) is 3.61. The third kappa shape index (κ3) is 2.77. The van der Waals surface area contributed by atoms with Gasteiger partial charge in [0.1, 0.15) is 17.7 Å². The molecule has 0 bridgehead atoms. The smallest absolute Gasteiger partial charge is 0.196 e. The highest BCUT2D eigenvalue weighted by Crippen LogP contribution is 2.20. The Labute approximate surface area is 93.0 Å². The van der Waals surface area contributed by atoms with Crippen molar-refractivity contribution in [2.75, 3.05) is 20.7 Å². The Bertz CT molecular complexity index is 381. The molecule has 2 N–H and O–H groups in total. The van der Waals surface area contributed by atoms with E-state index in [-0.39, 0.29) is 17.9 Å². The van der Waals surface area contributed by atoms with Crippen LogP contribution in [0.15, 0.2) is 18.2 Å². The largest absolute Gasteiger partial charge is 0.496 e. The molecule has 0 aliphatic heterocycles. The van der Waals surface area contributed by atoms with Gasteiger partial charge in [-0.05, 0) is 25.2 Å². The fraction of sp³-hybridized carbons (Fsp3) is 0.364. The van der Waals surface area contributed by atoms with Gasteiger partial charge in [-0.15, -0.1) is 0 Å². The van der Waals surface area contributed by atoms with Crippen LogP contribution >= 0.6 is 0 Å². The Morgan fingerprint density at radius 1 is 1.62 bits per heavy atom. The molecule has 1 aromatic rings. The Morgan fingerprint density at radius 3 is 2.88 bits per heavy atom. The first kappa shape index (κ1) is 12.6. The number of hydrogen-bond acceptors (Lipinski definition) is 4. The number of nitrogens with one attached hydrogen (secondary N) is 1. The third-order valence-electron chi connectivity index (χ3n) is 2.13. The van der Waals surface area contributed by atoms with Crippen molar-refractivity contribution in [1.82, 2.24) is 5.32 Å². The number of halogens is 1. The lowest BCUT2D eigenvalue weighted by Gasteiger charge is -2.11. The number of carbonyl (C=O) groups is 1. The molecule has 0 spiro atoms. The molecule has 0 fully saturated rings. The lowest BCUT2D eigenvalue weighted by atomic mass is 10.0. The first-order chi connectivity index (χ1) is 7.60. The van der Waals surface area contributed by atoms with Crippen LogP contribution in [0.2, 0.25) is 0 Å². The average molecular weight is 227 g/mol. The van der Waals surface area contributed by atoms with Crippen LogP contribution in [0.4, 0.5) is 4.39 Å². The molecule has 5 heteroatoms. The van der Waals surface area contributed by atoms with E-state index in [0.717, 1.165) is 6.07 Å². The quantitative estimate of drug-likeness (QED) is 0.723. The first-order valence-electron chi connectivity index (χ1n) is 4.80. The molecule has 1 aromatic carbocycles. The van der Waals surface area contributed by atoms with Gasteiger partial charge in [0.05, 0.1) is 12.7 Å². The van der Waals surface area contributed by atoms with Crippen molar-refractivity contribution in [2.45, 2.75) is 6.10 Å². The maximum absolute atomic E-state index is 13.0. The van der Waals surface area contributed by atoms with E-state index in [1.165, 1.54) is 19.2 Å². The number of likely N-dealkylation sites (N-methyl/N-ethyl adjacent to an activating group) is 1. The Morgan fingerprint density at radius 2 is 2.31 bits per heavy atom. The van der Waals surface area contributed by atoms with Crippen LogP contribution in [0.25, 0.3) is 0 Å². The predicted octanol–water partition coefficient (Wildman–Crippen LogP) is 0.597. The van der Waals surface area contributed by atoms with Crippen molar-refractivity contribution < 1.29 is 19.0 Å². The Kier molecular flexibility index (Phi) is 4.39. The number of ether oxygens (including phenoxy) is 1. The maximum Gasteiger partial charge on any atom is 0.196 e. The molecular weight excluding hydrogens is 213 g/mol. The fourth-order valence-corrected chi connectivity index (χ4v) is 1.34. The van der Waals surface area contributed by atoms with E-state index in [0.29, 0.717) is 0 Å². The summed E-state index contributed by atoms with van der Waals surface area (Å²) in [6.07, 6.45) is -1.21. The maximum atomic E-state index is 13.0. The zero-order valence-electron chi connectivity index (χ0n) is 9.16. The molecule has 0 saturated carbocycles. The second-order valence-corrected chi connectivity index (χ2v) is 3.28. The van der Waals surface area contributed by atoms with Gasteiger partial charge in [0.25, 0.3) is 0 Å². The van der Waals surface area contributed by atoms with Crippen LogP contribution in [-0.2, 0) is 0 Å². The number of Topliss-reactive ketones (excluding diaryl/α,β-unsaturated/α-hetero) is 1. The number of rotatable bonds is 5. The minimum absolute atomic E-state index is 0.0465. The normalized spacial score (nSPS) is 12.2. The molecule has 0 radical (unpaired) electrons. The third-order valence-corrected chi connectivity index (χ3v) is 2.13. The van der Waals surface area contributed by atoms with Gasteiger partial charge < -0.3 is 15.2 Å². The number of hydrogen-bond donors (Lipinski definition) is 2. The number of carbonyl (C=O) groups excluding carboxylic acids is 1. The van der Waals surface area contributed by atoms with Gasteiger partial charge in [-0.2, -0.15) is 0 Å².